The minimum Gasteiger partial charge on any atom is -0.340 e. The minimum absolute atomic E-state index is 0.350. The van der Waals surface area contributed by atoms with Gasteiger partial charge in [0.25, 0.3) is 0 Å². The lowest BCUT2D eigenvalue weighted by Crippen LogP contribution is -2.36. The molecule has 0 aliphatic rings. The van der Waals surface area contributed by atoms with Crippen molar-refractivity contribution in [2.24, 2.45) is 5.73 Å². The third kappa shape index (κ3) is 2.56. The number of nitrogens with two attached hydrogens (primary N) is 1. The first-order valence-electron chi connectivity index (χ1n) is 6.92. The van der Waals surface area contributed by atoms with E-state index in [0.717, 1.165) is 24.4 Å². The summed E-state index contributed by atoms with van der Waals surface area (Å²) >= 11 is 0. The summed E-state index contributed by atoms with van der Waals surface area (Å²) in [4.78, 5) is 7.89. The Bertz CT molecular complexity index is 565. The third-order valence-electron chi connectivity index (χ3n) is 3.98. The Labute approximate surface area is 115 Å². The van der Waals surface area contributed by atoms with Crippen LogP contribution in [0.4, 0.5) is 0 Å². The van der Waals surface area contributed by atoms with E-state index in [2.05, 4.69) is 55.9 Å². The average Bonchev–Trinajstić information content (AvgIpc) is 2.88. The Kier molecular flexibility index (Phi) is 3.76. The molecule has 2 aromatic rings. The molecular weight excluding hydrogens is 234 g/mol. The van der Waals surface area contributed by atoms with Crippen molar-refractivity contribution in [3.8, 4) is 11.3 Å². The molecule has 19 heavy (non-hydrogen) atoms. The summed E-state index contributed by atoms with van der Waals surface area (Å²) in [5, 5.41) is 0. The van der Waals surface area contributed by atoms with E-state index in [4.69, 9.17) is 5.73 Å². The van der Waals surface area contributed by atoms with E-state index in [9.17, 15) is 0 Å². The topological polar surface area (TPSA) is 54.7 Å². The van der Waals surface area contributed by atoms with E-state index in [1.54, 1.807) is 0 Å². The molecule has 0 radical (unpaired) electrons. The standard InChI is InChI=1S/C16H23N3/c1-5-16(17,6-2)15-18-10-14(19-15)13-8-7-11(3)9-12(13)4/h7-10H,5-6,17H2,1-4H3,(H,18,19). The van der Waals surface area contributed by atoms with Crippen molar-refractivity contribution in [2.45, 2.75) is 46.1 Å². The van der Waals surface area contributed by atoms with Crippen LogP contribution in [-0.4, -0.2) is 9.97 Å². The van der Waals surface area contributed by atoms with Crippen molar-refractivity contribution in [3.63, 3.8) is 0 Å². The highest BCUT2D eigenvalue weighted by molar-refractivity contribution is 5.63. The first kappa shape index (κ1) is 13.8. The number of rotatable bonds is 4. The molecule has 0 spiro atoms. The minimum atomic E-state index is -0.350. The van der Waals surface area contributed by atoms with Crippen molar-refractivity contribution >= 4 is 0 Å². The summed E-state index contributed by atoms with van der Waals surface area (Å²) in [5.41, 5.74) is 10.8. The van der Waals surface area contributed by atoms with Gasteiger partial charge in [-0.25, -0.2) is 4.98 Å². The number of imidazole rings is 1. The summed E-state index contributed by atoms with van der Waals surface area (Å²) in [6.07, 6.45) is 3.65. The summed E-state index contributed by atoms with van der Waals surface area (Å²) in [6, 6.07) is 6.45. The van der Waals surface area contributed by atoms with Crippen molar-refractivity contribution in [3.05, 3.63) is 41.3 Å². The van der Waals surface area contributed by atoms with Crippen LogP contribution in [0.3, 0.4) is 0 Å². The SMILES string of the molecule is CCC(N)(CC)c1ncc(-c2ccc(C)cc2C)[nH]1. The number of hydrogen-bond donors (Lipinski definition) is 2. The Morgan fingerprint density at radius 1 is 1.21 bits per heavy atom. The highest BCUT2D eigenvalue weighted by atomic mass is 15.0. The molecule has 3 nitrogen and oxygen atoms in total. The molecule has 0 saturated heterocycles. The van der Waals surface area contributed by atoms with Gasteiger partial charge in [0.05, 0.1) is 17.4 Å². The lowest BCUT2D eigenvalue weighted by Gasteiger charge is -2.23. The van der Waals surface area contributed by atoms with Crippen LogP contribution in [0.1, 0.15) is 43.6 Å². The molecule has 3 heteroatoms. The lowest BCUT2D eigenvalue weighted by molar-refractivity contribution is 0.391. The average molecular weight is 257 g/mol. The summed E-state index contributed by atoms with van der Waals surface area (Å²) in [6.45, 7) is 8.43. The number of benzene rings is 1. The zero-order valence-electron chi connectivity index (χ0n) is 12.2. The fourth-order valence-electron chi connectivity index (χ4n) is 2.41. The molecule has 1 heterocycles. The molecule has 0 saturated carbocycles. The third-order valence-corrected chi connectivity index (χ3v) is 3.98. The maximum Gasteiger partial charge on any atom is 0.126 e. The molecule has 0 aliphatic carbocycles. The largest absolute Gasteiger partial charge is 0.340 e. The smallest absolute Gasteiger partial charge is 0.126 e. The second-order valence-electron chi connectivity index (χ2n) is 5.33. The normalized spacial score (nSPS) is 11.8. The molecule has 0 aliphatic heterocycles. The van der Waals surface area contributed by atoms with Crippen molar-refractivity contribution in [1.82, 2.24) is 9.97 Å². The molecule has 102 valence electrons. The van der Waals surface area contributed by atoms with Crippen LogP contribution in [0.25, 0.3) is 11.3 Å². The molecule has 0 fully saturated rings. The van der Waals surface area contributed by atoms with Gasteiger partial charge >= 0.3 is 0 Å². The van der Waals surface area contributed by atoms with Gasteiger partial charge in [0.15, 0.2) is 0 Å². The van der Waals surface area contributed by atoms with Gasteiger partial charge in [-0.15, -0.1) is 0 Å². The molecule has 3 N–H and O–H groups in total. The van der Waals surface area contributed by atoms with Gasteiger partial charge in [0, 0.05) is 5.56 Å². The molecule has 1 aromatic carbocycles. The van der Waals surface area contributed by atoms with Crippen molar-refractivity contribution < 1.29 is 0 Å². The highest BCUT2D eigenvalue weighted by Gasteiger charge is 2.26. The number of hydrogen-bond acceptors (Lipinski definition) is 2. The van der Waals surface area contributed by atoms with E-state index in [0.29, 0.717) is 0 Å². The van der Waals surface area contributed by atoms with Gasteiger partial charge in [-0.2, -0.15) is 0 Å². The predicted octanol–water partition coefficient (Wildman–Crippen LogP) is 3.67. The summed E-state index contributed by atoms with van der Waals surface area (Å²) in [5.74, 6) is 0.882. The van der Waals surface area contributed by atoms with Gasteiger partial charge in [0.1, 0.15) is 5.82 Å². The maximum absolute atomic E-state index is 6.38. The Morgan fingerprint density at radius 2 is 1.89 bits per heavy atom. The fraction of sp³-hybridized carbons (Fsp3) is 0.438. The maximum atomic E-state index is 6.38. The second-order valence-corrected chi connectivity index (χ2v) is 5.33. The van der Waals surface area contributed by atoms with E-state index in [1.807, 2.05) is 6.20 Å². The van der Waals surface area contributed by atoms with Crippen molar-refractivity contribution in [2.75, 3.05) is 0 Å². The Hall–Kier alpha value is -1.61. The van der Waals surface area contributed by atoms with E-state index in [-0.39, 0.29) is 5.54 Å². The van der Waals surface area contributed by atoms with Gasteiger partial charge in [-0.1, -0.05) is 37.6 Å². The highest BCUT2D eigenvalue weighted by Crippen LogP contribution is 2.27. The zero-order chi connectivity index (χ0) is 14.0. The van der Waals surface area contributed by atoms with Crippen LogP contribution in [0, 0.1) is 13.8 Å². The van der Waals surface area contributed by atoms with Crippen LogP contribution >= 0.6 is 0 Å². The van der Waals surface area contributed by atoms with Crippen LogP contribution in [0.5, 0.6) is 0 Å². The first-order chi connectivity index (χ1) is 9.00. The van der Waals surface area contributed by atoms with Crippen molar-refractivity contribution in [1.29, 1.82) is 0 Å². The molecular formula is C16H23N3. The van der Waals surface area contributed by atoms with E-state index in [1.165, 1.54) is 16.7 Å². The van der Waals surface area contributed by atoms with E-state index >= 15 is 0 Å². The van der Waals surface area contributed by atoms with E-state index < -0.39 is 0 Å². The number of aromatic nitrogens is 2. The van der Waals surface area contributed by atoms with Gasteiger partial charge in [-0.3, -0.25) is 0 Å². The molecule has 1 aromatic heterocycles. The van der Waals surface area contributed by atoms with Gasteiger partial charge < -0.3 is 10.7 Å². The molecule has 2 rings (SSSR count). The molecule has 0 bridgehead atoms. The van der Waals surface area contributed by atoms with Gasteiger partial charge in [0.2, 0.25) is 0 Å². The summed E-state index contributed by atoms with van der Waals surface area (Å²) < 4.78 is 0. The molecule has 0 unspecified atom stereocenters. The molecule has 0 amide bonds. The number of H-pyrrole nitrogens is 1. The van der Waals surface area contributed by atoms with Gasteiger partial charge in [-0.05, 0) is 32.3 Å². The predicted molar refractivity (Wildman–Crippen MR) is 79.9 cm³/mol. The van der Waals surface area contributed by atoms with Crippen LogP contribution in [0.2, 0.25) is 0 Å². The molecule has 0 atom stereocenters. The zero-order valence-corrected chi connectivity index (χ0v) is 12.2. The summed E-state index contributed by atoms with van der Waals surface area (Å²) in [7, 11) is 0. The lowest BCUT2D eigenvalue weighted by atomic mass is 9.93. The Balaban J connectivity index is 2.41. The van der Waals surface area contributed by atoms with Crippen LogP contribution in [-0.2, 0) is 5.54 Å². The number of aromatic amines is 1. The second kappa shape index (κ2) is 5.17. The van der Waals surface area contributed by atoms with Crippen LogP contribution < -0.4 is 5.73 Å². The number of nitrogens with one attached hydrogen (secondary N) is 1. The fourth-order valence-corrected chi connectivity index (χ4v) is 2.41. The Morgan fingerprint density at radius 3 is 2.47 bits per heavy atom. The van der Waals surface area contributed by atoms with Crippen LogP contribution in [0.15, 0.2) is 24.4 Å². The number of aryl methyl sites for hydroxylation is 2. The quantitative estimate of drug-likeness (QED) is 0.878. The number of nitrogens with zero attached hydrogens (tertiary/aromatic N) is 1. The monoisotopic (exact) mass is 257 g/mol. The first-order valence-corrected chi connectivity index (χ1v) is 6.92.